The van der Waals surface area contributed by atoms with Crippen LogP contribution >= 0.6 is 0 Å². The number of aromatic nitrogens is 4. The largest absolute Gasteiger partial charge is 0.378 e. The van der Waals surface area contributed by atoms with Crippen LogP contribution in [0.15, 0.2) is 59.9 Å². The van der Waals surface area contributed by atoms with Gasteiger partial charge in [-0.05, 0) is 29.8 Å². The van der Waals surface area contributed by atoms with Crippen molar-refractivity contribution in [2.75, 3.05) is 44.0 Å². The van der Waals surface area contributed by atoms with Gasteiger partial charge in [0.15, 0.2) is 15.7 Å². The summed E-state index contributed by atoms with van der Waals surface area (Å²) in [5.74, 6) is 1.35. The Morgan fingerprint density at radius 2 is 2.00 bits per heavy atom. The molecule has 182 valence electrons. The number of benzene rings is 1. The topological polar surface area (TPSA) is 113 Å². The first-order valence-electron chi connectivity index (χ1n) is 11.6. The van der Waals surface area contributed by atoms with Crippen LogP contribution in [0.4, 0.5) is 5.82 Å². The number of aromatic amines is 1. The molecule has 1 aromatic carbocycles. The highest BCUT2D eigenvalue weighted by Gasteiger charge is 2.19. The van der Waals surface area contributed by atoms with Crippen molar-refractivity contribution in [3.05, 3.63) is 66.2 Å². The minimum absolute atomic E-state index is 0.238. The summed E-state index contributed by atoms with van der Waals surface area (Å²) in [5.41, 5.74) is 3.45. The number of pyridine rings is 1. The van der Waals surface area contributed by atoms with E-state index in [0.29, 0.717) is 31.0 Å². The number of H-pyrrole nitrogens is 1. The van der Waals surface area contributed by atoms with Crippen molar-refractivity contribution in [3.63, 3.8) is 0 Å². The lowest BCUT2D eigenvalue weighted by Crippen LogP contribution is -2.37. The van der Waals surface area contributed by atoms with Crippen LogP contribution < -0.4 is 10.2 Å². The number of rotatable bonds is 8. The number of hydrogen-bond donors (Lipinski definition) is 2. The molecule has 0 amide bonds. The van der Waals surface area contributed by atoms with Gasteiger partial charge in [-0.3, -0.25) is 4.98 Å². The van der Waals surface area contributed by atoms with Gasteiger partial charge in [-0.1, -0.05) is 6.07 Å². The maximum absolute atomic E-state index is 12.4. The molecule has 0 unspecified atom stereocenters. The third kappa shape index (κ3) is 5.50. The molecular formula is C25H28N6O3S. The summed E-state index contributed by atoms with van der Waals surface area (Å²) in [5, 5.41) is 4.33. The van der Waals surface area contributed by atoms with E-state index < -0.39 is 9.84 Å². The fourth-order valence-electron chi connectivity index (χ4n) is 4.18. The second-order valence-electron chi connectivity index (χ2n) is 8.61. The Kier molecular flexibility index (Phi) is 6.76. The average Bonchev–Trinajstić information content (AvgIpc) is 3.35. The second kappa shape index (κ2) is 10.1. The number of nitrogens with zero attached hydrogens (tertiary/aromatic N) is 4. The Morgan fingerprint density at radius 1 is 1.14 bits per heavy atom. The quantitative estimate of drug-likeness (QED) is 0.361. The SMILES string of the molecule is CS(=O)(=O)c1cc(-c2nc(CCNCc3cccnc3)cc(N3CCOCC3)n2)c2cc[nH]c2c1. The summed E-state index contributed by atoms with van der Waals surface area (Å²) in [4.78, 5) is 19.5. The van der Waals surface area contributed by atoms with Crippen molar-refractivity contribution in [1.82, 2.24) is 25.3 Å². The molecule has 0 radical (unpaired) electrons. The zero-order chi connectivity index (χ0) is 24.3. The molecule has 10 heteroatoms. The third-order valence-corrected chi connectivity index (χ3v) is 7.11. The molecule has 5 rings (SSSR count). The molecular weight excluding hydrogens is 464 g/mol. The lowest BCUT2D eigenvalue weighted by atomic mass is 10.1. The Balaban J connectivity index is 1.48. The highest BCUT2D eigenvalue weighted by atomic mass is 32.2. The monoisotopic (exact) mass is 492 g/mol. The minimum Gasteiger partial charge on any atom is -0.378 e. The van der Waals surface area contributed by atoms with Crippen molar-refractivity contribution < 1.29 is 13.2 Å². The van der Waals surface area contributed by atoms with Crippen molar-refractivity contribution in [3.8, 4) is 11.4 Å². The maximum atomic E-state index is 12.4. The molecule has 1 aliphatic heterocycles. The van der Waals surface area contributed by atoms with Crippen LogP contribution in [0.5, 0.6) is 0 Å². The summed E-state index contributed by atoms with van der Waals surface area (Å²) in [7, 11) is -3.40. The molecule has 4 aromatic rings. The van der Waals surface area contributed by atoms with Gasteiger partial charge in [-0.2, -0.15) is 0 Å². The molecule has 2 N–H and O–H groups in total. The smallest absolute Gasteiger partial charge is 0.175 e. The van der Waals surface area contributed by atoms with Crippen LogP contribution in [-0.2, 0) is 27.5 Å². The van der Waals surface area contributed by atoms with Gasteiger partial charge in [-0.15, -0.1) is 0 Å². The van der Waals surface area contributed by atoms with Gasteiger partial charge in [0, 0.05) is 85.7 Å². The molecule has 0 atom stereocenters. The maximum Gasteiger partial charge on any atom is 0.175 e. The first-order chi connectivity index (χ1) is 17.0. The van der Waals surface area contributed by atoms with E-state index in [1.54, 1.807) is 24.5 Å². The molecule has 1 aliphatic rings. The molecule has 3 aromatic heterocycles. The standard InChI is InChI=1S/C25H28N6O3S/c1-35(32,33)20-14-22(21-5-8-28-23(21)15-20)25-29-19(4-7-27-17-18-3-2-6-26-16-18)13-24(30-25)31-9-11-34-12-10-31/h2-3,5-6,8,13-16,27-28H,4,7,9-12,17H2,1H3. The highest BCUT2D eigenvalue weighted by molar-refractivity contribution is 7.90. The number of fused-ring (bicyclic) bond motifs is 1. The normalized spacial score (nSPS) is 14.5. The summed E-state index contributed by atoms with van der Waals surface area (Å²) in [6.45, 7) is 4.25. The summed E-state index contributed by atoms with van der Waals surface area (Å²) >= 11 is 0. The lowest BCUT2D eigenvalue weighted by molar-refractivity contribution is 0.122. The van der Waals surface area contributed by atoms with Gasteiger partial charge in [0.1, 0.15) is 5.82 Å². The Morgan fingerprint density at radius 3 is 2.77 bits per heavy atom. The van der Waals surface area contributed by atoms with E-state index in [9.17, 15) is 8.42 Å². The van der Waals surface area contributed by atoms with Crippen LogP contribution in [0.25, 0.3) is 22.3 Å². The average molecular weight is 493 g/mol. The number of ether oxygens (including phenoxy) is 1. The van der Waals surface area contributed by atoms with Crippen molar-refractivity contribution >= 4 is 26.6 Å². The van der Waals surface area contributed by atoms with E-state index in [0.717, 1.165) is 54.2 Å². The van der Waals surface area contributed by atoms with Crippen molar-refractivity contribution in [1.29, 1.82) is 0 Å². The summed E-state index contributed by atoms with van der Waals surface area (Å²) in [6, 6.07) is 11.2. The van der Waals surface area contributed by atoms with Crippen molar-refractivity contribution in [2.45, 2.75) is 17.9 Å². The zero-order valence-electron chi connectivity index (χ0n) is 19.6. The highest BCUT2D eigenvalue weighted by Crippen LogP contribution is 2.31. The van der Waals surface area contributed by atoms with Gasteiger partial charge >= 0.3 is 0 Å². The molecule has 9 nitrogen and oxygen atoms in total. The molecule has 4 heterocycles. The van der Waals surface area contributed by atoms with E-state index in [1.807, 2.05) is 30.5 Å². The first kappa shape index (κ1) is 23.4. The lowest BCUT2D eigenvalue weighted by Gasteiger charge is -2.28. The predicted molar refractivity (Wildman–Crippen MR) is 135 cm³/mol. The van der Waals surface area contributed by atoms with Crippen LogP contribution in [0.2, 0.25) is 0 Å². The molecule has 1 fully saturated rings. The second-order valence-corrected chi connectivity index (χ2v) is 10.6. The van der Waals surface area contributed by atoms with Crippen LogP contribution in [-0.4, -0.2) is 67.5 Å². The van der Waals surface area contributed by atoms with E-state index in [2.05, 4.69) is 20.2 Å². The predicted octanol–water partition coefficient (Wildman–Crippen LogP) is 2.59. The van der Waals surface area contributed by atoms with Gasteiger partial charge in [0.25, 0.3) is 0 Å². The first-order valence-corrected chi connectivity index (χ1v) is 13.5. The van der Waals surface area contributed by atoms with Crippen LogP contribution in [0.3, 0.4) is 0 Å². The third-order valence-electron chi connectivity index (χ3n) is 6.02. The Labute approximate surface area is 204 Å². The number of anilines is 1. The fourth-order valence-corrected chi connectivity index (χ4v) is 4.84. The van der Waals surface area contributed by atoms with E-state index in [4.69, 9.17) is 14.7 Å². The van der Waals surface area contributed by atoms with Crippen molar-refractivity contribution in [2.24, 2.45) is 0 Å². The van der Waals surface area contributed by atoms with Gasteiger partial charge in [-0.25, -0.2) is 18.4 Å². The summed E-state index contributed by atoms with van der Waals surface area (Å²) < 4.78 is 30.2. The fraction of sp³-hybridized carbons (Fsp3) is 0.320. The molecule has 1 saturated heterocycles. The number of sulfone groups is 1. The number of nitrogens with one attached hydrogen (secondary N) is 2. The summed E-state index contributed by atoms with van der Waals surface area (Å²) in [6.07, 6.45) is 7.33. The van der Waals surface area contributed by atoms with Crippen LogP contribution in [0, 0.1) is 0 Å². The molecule has 0 bridgehead atoms. The number of hydrogen-bond acceptors (Lipinski definition) is 8. The Bertz CT molecular complexity index is 1420. The molecule has 0 saturated carbocycles. The van der Waals surface area contributed by atoms with Crippen LogP contribution in [0.1, 0.15) is 11.3 Å². The van der Waals surface area contributed by atoms with E-state index in [-0.39, 0.29) is 4.90 Å². The van der Waals surface area contributed by atoms with Gasteiger partial charge in [0.05, 0.1) is 18.1 Å². The van der Waals surface area contributed by atoms with E-state index >= 15 is 0 Å². The van der Waals surface area contributed by atoms with Gasteiger partial charge in [0.2, 0.25) is 0 Å². The molecule has 0 spiro atoms. The molecule has 35 heavy (non-hydrogen) atoms. The van der Waals surface area contributed by atoms with E-state index in [1.165, 1.54) is 6.26 Å². The van der Waals surface area contributed by atoms with Gasteiger partial charge < -0.3 is 19.9 Å². The Hall–Kier alpha value is -3.34. The number of morpholine rings is 1. The zero-order valence-corrected chi connectivity index (χ0v) is 20.4. The molecule has 0 aliphatic carbocycles. The minimum atomic E-state index is -3.40.